The van der Waals surface area contributed by atoms with Gasteiger partial charge >= 0.3 is 5.97 Å². The van der Waals surface area contributed by atoms with Gasteiger partial charge in [0.25, 0.3) is 0 Å². The van der Waals surface area contributed by atoms with Crippen LogP contribution in [0.1, 0.15) is 13.8 Å². The molecular formula is C13H17NO4. The number of nitrogens with zero attached hydrogens (tertiary/aromatic N) is 1. The number of benzene rings is 1. The molecule has 0 saturated heterocycles. The molecule has 0 aliphatic heterocycles. The summed E-state index contributed by atoms with van der Waals surface area (Å²) in [6.45, 7) is 2.74. The van der Waals surface area contributed by atoms with Crippen molar-refractivity contribution < 1.29 is 19.4 Å². The Kier molecular flexibility index (Phi) is 5.32. The number of amides is 1. The molecule has 1 unspecified atom stereocenters. The zero-order valence-corrected chi connectivity index (χ0v) is 10.5. The minimum atomic E-state index is -1.01. The molecule has 5 nitrogen and oxygen atoms in total. The lowest BCUT2D eigenvalue weighted by atomic mass is 10.2. The van der Waals surface area contributed by atoms with Gasteiger partial charge in [0.15, 0.2) is 6.04 Å². The van der Waals surface area contributed by atoms with E-state index in [1.807, 2.05) is 0 Å². The maximum absolute atomic E-state index is 11.7. The van der Waals surface area contributed by atoms with Crippen LogP contribution in [0, 0.1) is 0 Å². The largest absolute Gasteiger partial charge is 0.464 e. The molecule has 0 aliphatic rings. The Morgan fingerprint density at radius 2 is 1.94 bits per heavy atom. The molecule has 1 aromatic carbocycles. The summed E-state index contributed by atoms with van der Waals surface area (Å²) in [4.78, 5) is 24.6. The van der Waals surface area contributed by atoms with Crippen LogP contribution in [0.4, 0.5) is 5.69 Å². The minimum Gasteiger partial charge on any atom is -0.464 e. The van der Waals surface area contributed by atoms with Crippen molar-refractivity contribution in [2.24, 2.45) is 0 Å². The van der Waals surface area contributed by atoms with Crippen molar-refractivity contribution >= 4 is 17.6 Å². The Morgan fingerprint density at radius 3 is 2.39 bits per heavy atom. The van der Waals surface area contributed by atoms with Crippen molar-refractivity contribution in [3.63, 3.8) is 0 Å². The summed E-state index contributed by atoms with van der Waals surface area (Å²) in [5.74, 6) is -0.938. The molecule has 0 bridgehead atoms. The summed E-state index contributed by atoms with van der Waals surface area (Å²) in [5.41, 5.74) is 0.553. The quantitative estimate of drug-likeness (QED) is 0.792. The van der Waals surface area contributed by atoms with E-state index in [2.05, 4.69) is 0 Å². The van der Waals surface area contributed by atoms with Crippen LogP contribution in [0.2, 0.25) is 0 Å². The molecule has 1 atom stereocenters. The Balaban J connectivity index is 3.03. The number of rotatable bonds is 5. The van der Waals surface area contributed by atoms with Gasteiger partial charge in [-0.25, -0.2) is 4.79 Å². The van der Waals surface area contributed by atoms with Gasteiger partial charge in [0.1, 0.15) is 0 Å². The van der Waals surface area contributed by atoms with E-state index in [1.165, 1.54) is 11.8 Å². The fourth-order valence-electron chi connectivity index (χ4n) is 1.67. The highest BCUT2D eigenvalue weighted by Crippen LogP contribution is 2.17. The Labute approximate surface area is 106 Å². The van der Waals surface area contributed by atoms with Crippen molar-refractivity contribution in [1.29, 1.82) is 0 Å². The molecule has 5 heteroatoms. The number of ether oxygens (including phenoxy) is 1. The number of aliphatic hydroxyl groups is 1. The third-order valence-corrected chi connectivity index (χ3v) is 2.42. The molecule has 18 heavy (non-hydrogen) atoms. The van der Waals surface area contributed by atoms with E-state index in [9.17, 15) is 14.7 Å². The number of hydrogen-bond donors (Lipinski definition) is 1. The second-order valence-electron chi connectivity index (χ2n) is 3.67. The first-order valence-electron chi connectivity index (χ1n) is 5.74. The second kappa shape index (κ2) is 6.76. The van der Waals surface area contributed by atoms with Crippen molar-refractivity contribution in [3.8, 4) is 0 Å². The molecule has 0 saturated carbocycles. The van der Waals surface area contributed by atoms with Crippen molar-refractivity contribution in [1.82, 2.24) is 0 Å². The molecule has 0 aromatic heterocycles. The SMILES string of the molecule is CCOC(=O)C(CO)N(C(C)=O)c1ccccc1. The Morgan fingerprint density at radius 1 is 1.33 bits per heavy atom. The molecule has 1 N–H and O–H groups in total. The van der Waals surface area contributed by atoms with E-state index in [4.69, 9.17) is 4.74 Å². The van der Waals surface area contributed by atoms with Gasteiger partial charge in [-0.2, -0.15) is 0 Å². The highest BCUT2D eigenvalue weighted by Gasteiger charge is 2.29. The summed E-state index contributed by atoms with van der Waals surface area (Å²) in [5, 5.41) is 9.31. The van der Waals surface area contributed by atoms with Gasteiger partial charge in [0.05, 0.1) is 13.2 Å². The number of carbonyl (C=O) groups is 2. The van der Waals surface area contributed by atoms with Gasteiger partial charge in [-0.05, 0) is 19.1 Å². The maximum atomic E-state index is 11.7. The average molecular weight is 251 g/mol. The predicted octanol–water partition coefficient (Wildman–Crippen LogP) is 0.963. The van der Waals surface area contributed by atoms with Crippen molar-refractivity contribution in [3.05, 3.63) is 30.3 Å². The van der Waals surface area contributed by atoms with Gasteiger partial charge in [0.2, 0.25) is 5.91 Å². The molecule has 0 aliphatic carbocycles. The predicted molar refractivity (Wildman–Crippen MR) is 67.1 cm³/mol. The molecule has 0 radical (unpaired) electrons. The van der Waals surface area contributed by atoms with Gasteiger partial charge in [-0.3, -0.25) is 9.69 Å². The van der Waals surface area contributed by atoms with Crippen molar-refractivity contribution in [2.45, 2.75) is 19.9 Å². The van der Waals surface area contributed by atoms with E-state index in [-0.39, 0.29) is 12.5 Å². The minimum absolute atomic E-state index is 0.204. The highest BCUT2D eigenvalue weighted by atomic mass is 16.5. The van der Waals surface area contributed by atoms with E-state index >= 15 is 0 Å². The topological polar surface area (TPSA) is 66.8 Å². The van der Waals surface area contributed by atoms with Crippen LogP contribution >= 0.6 is 0 Å². The van der Waals surface area contributed by atoms with Crippen LogP contribution in [0.3, 0.4) is 0 Å². The molecule has 0 spiro atoms. The highest BCUT2D eigenvalue weighted by molar-refractivity contribution is 5.98. The van der Waals surface area contributed by atoms with Crippen LogP contribution in [0.15, 0.2) is 30.3 Å². The van der Waals surface area contributed by atoms with Gasteiger partial charge in [0, 0.05) is 12.6 Å². The van der Waals surface area contributed by atoms with Crippen LogP contribution < -0.4 is 4.90 Å². The summed E-state index contributed by atoms with van der Waals surface area (Å²) in [7, 11) is 0. The van der Waals surface area contributed by atoms with Gasteiger partial charge in [-0.1, -0.05) is 18.2 Å². The van der Waals surface area contributed by atoms with Crippen LogP contribution in [0.25, 0.3) is 0 Å². The van der Waals surface area contributed by atoms with E-state index in [0.29, 0.717) is 5.69 Å². The lowest BCUT2D eigenvalue weighted by Gasteiger charge is -2.27. The third-order valence-electron chi connectivity index (χ3n) is 2.42. The number of esters is 1. The first kappa shape index (κ1) is 14.2. The van der Waals surface area contributed by atoms with Crippen LogP contribution in [-0.2, 0) is 14.3 Å². The first-order chi connectivity index (χ1) is 8.61. The summed E-state index contributed by atoms with van der Waals surface area (Å²) in [6, 6.07) is 7.70. The summed E-state index contributed by atoms with van der Waals surface area (Å²) < 4.78 is 4.85. The zero-order valence-electron chi connectivity index (χ0n) is 10.5. The van der Waals surface area contributed by atoms with Crippen LogP contribution in [0.5, 0.6) is 0 Å². The van der Waals surface area contributed by atoms with E-state index in [1.54, 1.807) is 37.3 Å². The number of aliphatic hydroxyl groups excluding tert-OH is 1. The van der Waals surface area contributed by atoms with Gasteiger partial charge in [-0.15, -0.1) is 0 Å². The van der Waals surface area contributed by atoms with E-state index < -0.39 is 18.6 Å². The lowest BCUT2D eigenvalue weighted by molar-refractivity contribution is -0.146. The Bertz CT molecular complexity index is 405. The molecule has 98 valence electrons. The fraction of sp³-hybridized carbons (Fsp3) is 0.385. The Hall–Kier alpha value is -1.88. The monoisotopic (exact) mass is 251 g/mol. The number of carbonyl (C=O) groups excluding carboxylic acids is 2. The molecule has 0 fully saturated rings. The normalized spacial score (nSPS) is 11.7. The average Bonchev–Trinajstić information content (AvgIpc) is 2.36. The second-order valence-corrected chi connectivity index (χ2v) is 3.67. The smallest absolute Gasteiger partial charge is 0.331 e. The molecule has 1 rings (SSSR count). The third kappa shape index (κ3) is 3.30. The fourth-order valence-corrected chi connectivity index (χ4v) is 1.67. The lowest BCUT2D eigenvalue weighted by Crippen LogP contribution is -2.47. The van der Waals surface area contributed by atoms with Gasteiger partial charge < -0.3 is 9.84 Å². The molecule has 0 heterocycles. The maximum Gasteiger partial charge on any atom is 0.331 e. The summed E-state index contributed by atoms with van der Waals surface area (Å²) >= 11 is 0. The molecule has 1 amide bonds. The standard InChI is InChI=1S/C13H17NO4/c1-3-18-13(17)12(9-15)14(10(2)16)11-7-5-4-6-8-11/h4-8,12,15H,3,9H2,1-2H3. The van der Waals surface area contributed by atoms with Crippen LogP contribution in [-0.4, -0.2) is 36.2 Å². The van der Waals surface area contributed by atoms with Crippen molar-refractivity contribution in [2.75, 3.05) is 18.1 Å². The number of anilines is 1. The summed E-state index contributed by atoms with van der Waals surface area (Å²) in [6.07, 6.45) is 0. The number of para-hydroxylation sites is 1. The molecular weight excluding hydrogens is 234 g/mol. The van der Waals surface area contributed by atoms with E-state index in [0.717, 1.165) is 0 Å². The zero-order chi connectivity index (χ0) is 13.5. The first-order valence-corrected chi connectivity index (χ1v) is 5.74. The molecule has 1 aromatic rings. The number of hydrogen-bond acceptors (Lipinski definition) is 4.